The molecule has 0 heteroatoms. The summed E-state index contributed by atoms with van der Waals surface area (Å²) >= 11 is 0. The van der Waals surface area contributed by atoms with E-state index in [1.165, 1.54) is 12.8 Å². The summed E-state index contributed by atoms with van der Waals surface area (Å²) in [6, 6.07) is 24.0. The van der Waals surface area contributed by atoms with Crippen molar-refractivity contribution in [2.45, 2.75) is 165 Å². The minimum atomic E-state index is 1.32. The normalized spacial score (nSPS) is 5.17. The van der Waals surface area contributed by atoms with Crippen LogP contribution in [0.25, 0.3) is 0 Å². The van der Waals surface area contributed by atoms with Crippen LogP contribution in [0.5, 0.6) is 0 Å². The van der Waals surface area contributed by atoms with Gasteiger partial charge >= 0.3 is 0 Å². The first-order chi connectivity index (χ1) is 17.9. The molecule has 226 valence electrons. The van der Waals surface area contributed by atoms with Crippen molar-refractivity contribution in [3.63, 3.8) is 0 Å². The SMILES string of the molecule is CC.CC.CC.CC.CC.CC.CC.CC.CC.CC.CCCC.c1ccccc1.c1ccccc1. The lowest BCUT2D eigenvalue weighted by Crippen LogP contribution is -1.47. The lowest BCUT2D eigenvalue weighted by atomic mass is 10.4. The second kappa shape index (κ2) is 227. The molecule has 0 nitrogen and oxygen atoms in total. The van der Waals surface area contributed by atoms with E-state index >= 15 is 0 Å². The van der Waals surface area contributed by atoms with Gasteiger partial charge in [-0.2, -0.15) is 0 Å². The topological polar surface area (TPSA) is 0 Å². The first-order valence-electron chi connectivity index (χ1n) is 15.9. The maximum absolute atomic E-state index is 2.18. The van der Waals surface area contributed by atoms with Crippen LogP contribution in [0.1, 0.15) is 165 Å². The van der Waals surface area contributed by atoms with E-state index in [0.29, 0.717) is 0 Å². The number of benzene rings is 2. The Hall–Kier alpha value is -1.56. The first-order valence-corrected chi connectivity index (χ1v) is 15.9. The van der Waals surface area contributed by atoms with Gasteiger partial charge in [0.2, 0.25) is 0 Å². The van der Waals surface area contributed by atoms with Gasteiger partial charge in [-0.25, -0.2) is 0 Å². The molecule has 0 saturated heterocycles. The minimum absolute atomic E-state index is 1.32. The molecular formula is C36H82. The summed E-state index contributed by atoms with van der Waals surface area (Å²) in [5.41, 5.74) is 0. The lowest BCUT2D eigenvalue weighted by Gasteiger charge is -1.69. The maximum atomic E-state index is 2.18. The number of unbranched alkanes of at least 4 members (excludes halogenated alkanes) is 1. The van der Waals surface area contributed by atoms with Gasteiger partial charge < -0.3 is 0 Å². The summed E-state index contributed by atoms with van der Waals surface area (Å²) in [6.07, 6.45) is 2.64. The maximum Gasteiger partial charge on any atom is -0.0564 e. The van der Waals surface area contributed by atoms with Gasteiger partial charge in [0.1, 0.15) is 0 Å². The molecule has 0 aliphatic heterocycles. The van der Waals surface area contributed by atoms with E-state index in [9.17, 15) is 0 Å². The molecule has 0 bridgehead atoms. The van der Waals surface area contributed by atoms with Gasteiger partial charge in [-0.3, -0.25) is 0 Å². The number of hydrogen-bond donors (Lipinski definition) is 0. The molecule has 0 unspecified atom stereocenters. The summed E-state index contributed by atoms with van der Waals surface area (Å²) < 4.78 is 0. The van der Waals surface area contributed by atoms with Gasteiger partial charge in [-0.1, -0.05) is 238 Å². The Morgan fingerprint density at radius 2 is 0.250 bits per heavy atom. The highest BCUT2D eigenvalue weighted by atomic mass is 13.7. The zero-order valence-electron chi connectivity index (χ0n) is 30.3. The predicted molar refractivity (Wildman–Crippen MR) is 187 cm³/mol. The van der Waals surface area contributed by atoms with Crippen molar-refractivity contribution < 1.29 is 0 Å². The second-order valence-corrected chi connectivity index (χ2v) is 3.31. The molecule has 0 fully saturated rings. The van der Waals surface area contributed by atoms with Crippen LogP contribution in [0.15, 0.2) is 72.8 Å². The summed E-state index contributed by atoms with van der Waals surface area (Å²) in [4.78, 5) is 0. The summed E-state index contributed by atoms with van der Waals surface area (Å²) in [5.74, 6) is 0. The third-order valence-corrected chi connectivity index (χ3v) is 1.83. The Bertz CT molecular complexity index is 199. The molecule has 0 radical (unpaired) electrons. The average molecular weight is 515 g/mol. The third kappa shape index (κ3) is 245. The molecule has 0 N–H and O–H groups in total. The molecule has 0 aliphatic rings. The van der Waals surface area contributed by atoms with E-state index in [-0.39, 0.29) is 0 Å². The van der Waals surface area contributed by atoms with Crippen LogP contribution in [-0.4, -0.2) is 0 Å². The van der Waals surface area contributed by atoms with Crippen LogP contribution >= 0.6 is 0 Å². The van der Waals surface area contributed by atoms with Gasteiger partial charge in [0, 0.05) is 0 Å². The zero-order chi connectivity index (χ0) is 31.9. The average Bonchev–Trinajstić information content (AvgIpc) is 3.09. The highest BCUT2D eigenvalue weighted by Crippen LogP contribution is 1.80. The van der Waals surface area contributed by atoms with Crippen molar-refractivity contribution in [2.24, 2.45) is 0 Å². The zero-order valence-corrected chi connectivity index (χ0v) is 30.3. The van der Waals surface area contributed by atoms with Crippen molar-refractivity contribution in [3.8, 4) is 0 Å². The predicted octanol–water partition coefficient (Wildman–Crippen LogP) is 15.4. The largest absolute Gasteiger partial charge is 0.0683 e. The Morgan fingerprint density at radius 1 is 0.194 bits per heavy atom. The fourth-order valence-corrected chi connectivity index (χ4v) is 0.770. The molecule has 0 saturated carbocycles. The Morgan fingerprint density at radius 3 is 0.278 bits per heavy atom. The van der Waals surface area contributed by atoms with Crippen LogP contribution in [0, 0.1) is 0 Å². The van der Waals surface area contributed by atoms with Gasteiger partial charge in [0.05, 0.1) is 0 Å². The quantitative estimate of drug-likeness (QED) is 0.355. The van der Waals surface area contributed by atoms with Crippen LogP contribution in [0.3, 0.4) is 0 Å². The molecule has 0 aromatic heterocycles. The van der Waals surface area contributed by atoms with Gasteiger partial charge in [-0.05, 0) is 0 Å². The fourth-order valence-electron chi connectivity index (χ4n) is 0.770. The Balaban J connectivity index is -0.0000000219. The molecule has 0 heterocycles. The number of hydrogen-bond acceptors (Lipinski definition) is 0. The van der Waals surface area contributed by atoms with E-state index in [1.807, 2.05) is 211 Å². The standard InChI is InChI=1S/2C6H6.C4H10.10C2H6/c2*1-2-4-6-5-3-1;1-3-4-2;10*1-2/h2*1-6H;3-4H2,1-2H3;10*1-2H3. The molecule has 2 aromatic carbocycles. The summed E-state index contributed by atoms with van der Waals surface area (Å²) in [7, 11) is 0. The van der Waals surface area contributed by atoms with Crippen molar-refractivity contribution in [3.05, 3.63) is 72.8 Å². The molecule has 2 aromatic rings. The van der Waals surface area contributed by atoms with E-state index in [1.54, 1.807) is 0 Å². The van der Waals surface area contributed by atoms with E-state index < -0.39 is 0 Å². The molecule has 2 rings (SSSR count). The van der Waals surface area contributed by atoms with E-state index in [2.05, 4.69) is 13.8 Å². The molecule has 36 heavy (non-hydrogen) atoms. The van der Waals surface area contributed by atoms with Crippen LogP contribution in [0.2, 0.25) is 0 Å². The Kier molecular flexibility index (Phi) is 443. The smallest absolute Gasteiger partial charge is 0.0564 e. The molecule has 0 spiro atoms. The van der Waals surface area contributed by atoms with Crippen LogP contribution < -0.4 is 0 Å². The lowest BCUT2D eigenvalue weighted by molar-refractivity contribution is 0.886. The monoisotopic (exact) mass is 515 g/mol. The van der Waals surface area contributed by atoms with Crippen molar-refractivity contribution in [2.75, 3.05) is 0 Å². The third-order valence-electron chi connectivity index (χ3n) is 1.83. The van der Waals surface area contributed by atoms with Crippen molar-refractivity contribution in [1.82, 2.24) is 0 Å². The van der Waals surface area contributed by atoms with Gasteiger partial charge in [0.25, 0.3) is 0 Å². The first kappa shape index (κ1) is 70.1. The van der Waals surface area contributed by atoms with Gasteiger partial charge in [-0.15, -0.1) is 0 Å². The van der Waals surface area contributed by atoms with Gasteiger partial charge in [0.15, 0.2) is 0 Å². The Labute approximate surface area is 237 Å². The molecule has 0 atom stereocenters. The molecule has 0 aliphatic carbocycles. The highest BCUT2D eigenvalue weighted by Gasteiger charge is 1.58. The van der Waals surface area contributed by atoms with Crippen LogP contribution in [-0.2, 0) is 0 Å². The van der Waals surface area contributed by atoms with E-state index in [0.717, 1.165) is 0 Å². The van der Waals surface area contributed by atoms with Crippen molar-refractivity contribution in [1.29, 1.82) is 0 Å². The second-order valence-electron chi connectivity index (χ2n) is 3.31. The fraction of sp³-hybridized carbons (Fsp3) is 0.667. The van der Waals surface area contributed by atoms with Crippen molar-refractivity contribution >= 4 is 0 Å². The summed E-state index contributed by atoms with van der Waals surface area (Å²) in [5, 5.41) is 0. The van der Waals surface area contributed by atoms with Crippen LogP contribution in [0.4, 0.5) is 0 Å². The summed E-state index contributed by atoms with van der Waals surface area (Å²) in [6.45, 7) is 44.4. The van der Waals surface area contributed by atoms with E-state index in [4.69, 9.17) is 0 Å². The highest BCUT2D eigenvalue weighted by molar-refractivity contribution is 4.99. The minimum Gasteiger partial charge on any atom is -0.0683 e. The number of rotatable bonds is 1. The molecular weight excluding hydrogens is 432 g/mol. The molecule has 0 amide bonds.